The molecule has 0 fully saturated rings. The van der Waals surface area contributed by atoms with Gasteiger partial charge in [0.2, 0.25) is 0 Å². The largest absolute Gasteiger partial charge is 0.416 e. The Morgan fingerprint density at radius 2 is 1.39 bits per heavy atom. The van der Waals surface area contributed by atoms with Crippen LogP contribution in [0.4, 0.5) is 24.5 Å². The first-order chi connectivity index (χ1) is 17.1. The predicted octanol–water partition coefficient (Wildman–Crippen LogP) is 6.01. The molecule has 0 aliphatic heterocycles. The van der Waals surface area contributed by atoms with E-state index in [0.717, 1.165) is 12.1 Å². The minimum absolute atomic E-state index is 0.0208. The number of nitrogens with zero attached hydrogens (tertiary/aromatic N) is 1. The smallest absolute Gasteiger partial charge is 0.322 e. The highest BCUT2D eigenvalue weighted by molar-refractivity contribution is 6.30. The number of pyridine rings is 1. The SMILES string of the molecule is O=C(Nc1cccc(C(F)(F)F)c1)c1cccc(NC(=O)c2ccc(=O)n(-c3cccc(Cl)c3)c2)c1. The molecule has 0 aliphatic rings. The van der Waals surface area contributed by atoms with Gasteiger partial charge in [0, 0.05) is 34.2 Å². The van der Waals surface area contributed by atoms with E-state index in [-0.39, 0.29) is 28.1 Å². The molecule has 4 aromatic rings. The fourth-order valence-corrected chi connectivity index (χ4v) is 3.55. The number of benzene rings is 3. The summed E-state index contributed by atoms with van der Waals surface area (Å²) in [4.78, 5) is 37.7. The lowest BCUT2D eigenvalue weighted by Crippen LogP contribution is -2.21. The normalized spacial score (nSPS) is 11.1. The zero-order valence-corrected chi connectivity index (χ0v) is 19.1. The minimum Gasteiger partial charge on any atom is -0.322 e. The number of aromatic nitrogens is 1. The highest BCUT2D eigenvalue weighted by atomic mass is 35.5. The Balaban J connectivity index is 1.51. The monoisotopic (exact) mass is 511 g/mol. The molecule has 1 aromatic heterocycles. The van der Waals surface area contributed by atoms with E-state index in [4.69, 9.17) is 11.6 Å². The molecular formula is C26H17ClF3N3O3. The first kappa shape index (κ1) is 24.7. The highest BCUT2D eigenvalue weighted by Gasteiger charge is 2.30. The Hall–Kier alpha value is -4.37. The third-order valence-electron chi connectivity index (χ3n) is 5.09. The predicted molar refractivity (Wildman–Crippen MR) is 131 cm³/mol. The van der Waals surface area contributed by atoms with E-state index >= 15 is 0 Å². The lowest BCUT2D eigenvalue weighted by Gasteiger charge is -2.11. The number of amides is 2. The van der Waals surface area contributed by atoms with Crippen molar-refractivity contribution >= 4 is 34.8 Å². The Kier molecular flexibility index (Phi) is 6.93. The van der Waals surface area contributed by atoms with Crippen LogP contribution in [0.25, 0.3) is 5.69 Å². The summed E-state index contributed by atoms with van der Waals surface area (Å²) in [6, 6.07) is 19.4. The van der Waals surface area contributed by atoms with E-state index in [1.165, 1.54) is 53.2 Å². The van der Waals surface area contributed by atoms with Crippen LogP contribution in [0.15, 0.2) is 95.9 Å². The third kappa shape index (κ3) is 5.81. The molecule has 10 heteroatoms. The minimum atomic E-state index is -4.54. The van der Waals surface area contributed by atoms with Gasteiger partial charge < -0.3 is 10.6 Å². The molecule has 4 rings (SSSR count). The molecule has 0 spiro atoms. The van der Waals surface area contributed by atoms with Crippen molar-refractivity contribution in [2.24, 2.45) is 0 Å². The van der Waals surface area contributed by atoms with Gasteiger partial charge in [0.1, 0.15) is 0 Å². The molecule has 3 aromatic carbocycles. The molecule has 0 atom stereocenters. The number of halogens is 4. The molecule has 1 heterocycles. The van der Waals surface area contributed by atoms with Crippen molar-refractivity contribution < 1.29 is 22.8 Å². The summed E-state index contributed by atoms with van der Waals surface area (Å²) in [6.45, 7) is 0. The average Bonchev–Trinajstić information content (AvgIpc) is 2.84. The summed E-state index contributed by atoms with van der Waals surface area (Å²) in [5.41, 5.74) is -0.217. The molecule has 2 N–H and O–H groups in total. The first-order valence-corrected chi connectivity index (χ1v) is 10.9. The molecule has 0 bridgehead atoms. The van der Waals surface area contributed by atoms with Gasteiger partial charge in [-0.3, -0.25) is 19.0 Å². The van der Waals surface area contributed by atoms with Gasteiger partial charge in [-0.05, 0) is 60.7 Å². The Morgan fingerprint density at radius 3 is 2.08 bits per heavy atom. The van der Waals surface area contributed by atoms with E-state index in [1.54, 1.807) is 30.3 Å². The van der Waals surface area contributed by atoms with Crippen LogP contribution in [0.2, 0.25) is 5.02 Å². The van der Waals surface area contributed by atoms with Crippen LogP contribution in [0.1, 0.15) is 26.3 Å². The maximum atomic E-state index is 12.9. The molecular weight excluding hydrogens is 495 g/mol. The average molecular weight is 512 g/mol. The van der Waals surface area contributed by atoms with Gasteiger partial charge in [-0.2, -0.15) is 13.2 Å². The Bertz CT molecular complexity index is 1520. The molecule has 0 unspecified atom stereocenters. The Labute approximate surface area is 208 Å². The number of carbonyl (C=O) groups is 2. The fourth-order valence-electron chi connectivity index (χ4n) is 3.37. The first-order valence-electron chi connectivity index (χ1n) is 10.5. The van der Waals surface area contributed by atoms with Crippen LogP contribution in [-0.2, 0) is 6.18 Å². The maximum Gasteiger partial charge on any atom is 0.416 e. The van der Waals surface area contributed by atoms with E-state index in [1.807, 2.05) is 0 Å². The van der Waals surface area contributed by atoms with Crippen LogP contribution >= 0.6 is 11.6 Å². The van der Waals surface area contributed by atoms with Gasteiger partial charge in [0.15, 0.2) is 0 Å². The van der Waals surface area contributed by atoms with Gasteiger partial charge in [-0.1, -0.05) is 29.8 Å². The number of nitrogens with one attached hydrogen (secondary N) is 2. The summed E-state index contributed by atoms with van der Waals surface area (Å²) in [7, 11) is 0. The molecule has 0 saturated heterocycles. The third-order valence-corrected chi connectivity index (χ3v) is 5.33. The fraction of sp³-hybridized carbons (Fsp3) is 0.0385. The summed E-state index contributed by atoms with van der Waals surface area (Å²) >= 11 is 6.00. The number of hydrogen-bond donors (Lipinski definition) is 2. The molecule has 6 nitrogen and oxygen atoms in total. The second-order valence-corrected chi connectivity index (χ2v) is 8.11. The van der Waals surface area contributed by atoms with Crippen LogP contribution < -0.4 is 16.2 Å². The maximum absolute atomic E-state index is 12.9. The highest BCUT2D eigenvalue weighted by Crippen LogP contribution is 2.30. The summed E-state index contributed by atoms with van der Waals surface area (Å²) in [5.74, 6) is -1.19. The van der Waals surface area contributed by atoms with Crippen molar-refractivity contribution in [3.05, 3.63) is 123 Å². The molecule has 0 aliphatic carbocycles. The number of rotatable bonds is 5. The summed E-state index contributed by atoms with van der Waals surface area (Å²) in [6.07, 6.45) is -3.17. The number of carbonyl (C=O) groups excluding carboxylic acids is 2. The van der Waals surface area contributed by atoms with Crippen LogP contribution in [0, 0.1) is 0 Å². The van der Waals surface area contributed by atoms with Crippen molar-refractivity contribution in [3.63, 3.8) is 0 Å². The quantitative estimate of drug-likeness (QED) is 0.344. The lowest BCUT2D eigenvalue weighted by molar-refractivity contribution is -0.137. The number of hydrogen-bond acceptors (Lipinski definition) is 3. The summed E-state index contributed by atoms with van der Waals surface area (Å²) < 4.78 is 40.1. The van der Waals surface area contributed by atoms with Crippen molar-refractivity contribution in [3.8, 4) is 5.69 Å². The molecule has 0 saturated carbocycles. The van der Waals surface area contributed by atoms with E-state index in [2.05, 4.69) is 10.6 Å². The van der Waals surface area contributed by atoms with Gasteiger partial charge >= 0.3 is 6.18 Å². The van der Waals surface area contributed by atoms with Gasteiger partial charge in [0.05, 0.1) is 16.8 Å². The molecule has 182 valence electrons. The van der Waals surface area contributed by atoms with Gasteiger partial charge in [-0.25, -0.2) is 0 Å². The van der Waals surface area contributed by atoms with E-state index in [0.29, 0.717) is 10.7 Å². The lowest BCUT2D eigenvalue weighted by atomic mass is 10.1. The van der Waals surface area contributed by atoms with E-state index < -0.39 is 23.6 Å². The number of alkyl halides is 3. The second kappa shape index (κ2) is 10.1. The zero-order chi connectivity index (χ0) is 25.9. The summed E-state index contributed by atoms with van der Waals surface area (Å²) in [5, 5.41) is 5.49. The van der Waals surface area contributed by atoms with Crippen molar-refractivity contribution in [1.29, 1.82) is 0 Å². The standard InChI is InChI=1S/C26H17ClF3N3O3/c27-19-6-3-9-22(14-19)33-15-17(10-11-23(33)34)25(36)31-20-7-1-4-16(12-20)24(35)32-21-8-2-5-18(13-21)26(28,29)30/h1-15H,(H,31,36)(H,32,35). The van der Waals surface area contributed by atoms with Crippen molar-refractivity contribution in [2.75, 3.05) is 10.6 Å². The molecule has 36 heavy (non-hydrogen) atoms. The van der Waals surface area contributed by atoms with Crippen molar-refractivity contribution in [1.82, 2.24) is 4.57 Å². The van der Waals surface area contributed by atoms with E-state index in [9.17, 15) is 27.6 Å². The van der Waals surface area contributed by atoms with Crippen LogP contribution in [-0.4, -0.2) is 16.4 Å². The number of anilines is 2. The van der Waals surface area contributed by atoms with Gasteiger partial charge in [0.25, 0.3) is 17.4 Å². The topological polar surface area (TPSA) is 80.2 Å². The van der Waals surface area contributed by atoms with Crippen LogP contribution in [0.5, 0.6) is 0 Å². The molecule has 2 amide bonds. The van der Waals surface area contributed by atoms with Gasteiger partial charge in [-0.15, -0.1) is 0 Å². The second-order valence-electron chi connectivity index (χ2n) is 7.67. The Morgan fingerprint density at radius 1 is 0.750 bits per heavy atom. The molecule has 0 radical (unpaired) electrons. The zero-order valence-electron chi connectivity index (χ0n) is 18.3. The van der Waals surface area contributed by atoms with Crippen LogP contribution in [0.3, 0.4) is 0 Å². The van der Waals surface area contributed by atoms with Crippen molar-refractivity contribution in [2.45, 2.75) is 6.18 Å².